The molecule has 1 aliphatic heterocycles. The fourth-order valence-corrected chi connectivity index (χ4v) is 6.69. The molecule has 0 bridgehead atoms. The molecule has 0 spiro atoms. The van der Waals surface area contributed by atoms with Gasteiger partial charge in [-0.1, -0.05) is 46.6 Å². The van der Waals surface area contributed by atoms with Crippen LogP contribution in [0.2, 0.25) is 5.02 Å². The molecule has 2 aromatic carbocycles. The molecule has 1 aromatic heterocycles. The maximum Gasteiger partial charge on any atom is 0.248 e. The summed E-state index contributed by atoms with van der Waals surface area (Å²) >= 11 is 6.01. The highest BCUT2D eigenvalue weighted by Gasteiger charge is 2.37. The number of nitrogens with one attached hydrogen (secondary N) is 1. The lowest BCUT2D eigenvalue weighted by Gasteiger charge is -2.31. The van der Waals surface area contributed by atoms with E-state index in [1.807, 2.05) is 26.8 Å². The smallest absolute Gasteiger partial charge is 0.248 e. The summed E-state index contributed by atoms with van der Waals surface area (Å²) in [4.78, 5) is 12.9. The first-order valence-corrected chi connectivity index (χ1v) is 13.7. The molecule has 0 saturated carbocycles. The van der Waals surface area contributed by atoms with Gasteiger partial charge in [0.25, 0.3) is 0 Å². The van der Waals surface area contributed by atoms with Gasteiger partial charge in [0.1, 0.15) is 5.69 Å². The van der Waals surface area contributed by atoms with E-state index in [1.165, 1.54) is 9.87 Å². The van der Waals surface area contributed by atoms with E-state index in [-0.39, 0.29) is 28.8 Å². The van der Waals surface area contributed by atoms with Gasteiger partial charge in [-0.25, -0.2) is 8.42 Å². The third-order valence-corrected chi connectivity index (χ3v) is 8.68. The van der Waals surface area contributed by atoms with Crippen molar-refractivity contribution in [2.75, 3.05) is 18.4 Å². The number of piperidine rings is 1. The lowest BCUT2D eigenvalue weighted by molar-refractivity contribution is -0.120. The molecule has 1 unspecified atom stereocenters. The average molecular weight is 528 g/mol. The SMILES string of the molecule is Cc1cc(C)c(/C=C/c2onc(C)c2S(=O)(=O)N2CCCC(C(=O)Nc3cccc(Cl)c3)C2)c(C)c1. The second-order valence-corrected chi connectivity index (χ2v) is 11.6. The zero-order valence-electron chi connectivity index (χ0n) is 20.8. The van der Waals surface area contributed by atoms with E-state index in [0.717, 1.165) is 16.7 Å². The summed E-state index contributed by atoms with van der Waals surface area (Å²) in [6, 6.07) is 11.0. The first kappa shape index (κ1) is 26.1. The van der Waals surface area contributed by atoms with Gasteiger partial charge >= 0.3 is 0 Å². The van der Waals surface area contributed by atoms with Gasteiger partial charge in [-0.2, -0.15) is 4.31 Å². The Morgan fingerprint density at radius 3 is 2.56 bits per heavy atom. The van der Waals surface area contributed by atoms with Gasteiger partial charge in [0.05, 0.1) is 5.92 Å². The first-order valence-electron chi connectivity index (χ1n) is 11.8. The Morgan fingerprint density at radius 1 is 1.14 bits per heavy atom. The van der Waals surface area contributed by atoms with Crippen molar-refractivity contribution >= 4 is 45.4 Å². The monoisotopic (exact) mass is 527 g/mol. The van der Waals surface area contributed by atoms with Crippen LogP contribution in [0.1, 0.15) is 46.5 Å². The zero-order chi connectivity index (χ0) is 26.0. The lowest BCUT2D eigenvalue weighted by atomic mass is 9.99. The molecule has 1 aliphatic rings. The van der Waals surface area contributed by atoms with Crippen molar-refractivity contribution in [3.05, 3.63) is 75.1 Å². The number of carbonyl (C=O) groups is 1. The predicted molar refractivity (Wildman–Crippen MR) is 142 cm³/mol. The van der Waals surface area contributed by atoms with Gasteiger partial charge in [0.15, 0.2) is 10.7 Å². The third-order valence-electron chi connectivity index (χ3n) is 6.42. The van der Waals surface area contributed by atoms with Crippen LogP contribution < -0.4 is 5.32 Å². The first-order chi connectivity index (χ1) is 17.1. The third kappa shape index (κ3) is 5.56. The van der Waals surface area contributed by atoms with Crippen molar-refractivity contribution in [2.24, 2.45) is 5.92 Å². The van der Waals surface area contributed by atoms with Gasteiger partial charge in [-0.15, -0.1) is 0 Å². The highest BCUT2D eigenvalue weighted by molar-refractivity contribution is 7.89. The molecule has 0 aliphatic carbocycles. The maximum absolute atomic E-state index is 13.7. The highest BCUT2D eigenvalue weighted by Crippen LogP contribution is 2.30. The number of anilines is 1. The van der Waals surface area contributed by atoms with E-state index >= 15 is 0 Å². The summed E-state index contributed by atoms with van der Waals surface area (Å²) in [6.45, 7) is 8.10. The minimum Gasteiger partial charge on any atom is -0.355 e. The molecule has 2 heterocycles. The molecule has 3 aromatic rings. The van der Waals surface area contributed by atoms with Crippen molar-refractivity contribution in [3.8, 4) is 0 Å². The van der Waals surface area contributed by atoms with Crippen LogP contribution in [-0.4, -0.2) is 36.9 Å². The summed E-state index contributed by atoms with van der Waals surface area (Å²) in [5, 5.41) is 7.31. The van der Waals surface area contributed by atoms with Crippen LogP contribution in [0.5, 0.6) is 0 Å². The molecule has 4 rings (SSSR count). The van der Waals surface area contributed by atoms with Crippen molar-refractivity contribution < 1.29 is 17.7 Å². The molecule has 9 heteroatoms. The van der Waals surface area contributed by atoms with Crippen LogP contribution in [0, 0.1) is 33.6 Å². The maximum atomic E-state index is 13.7. The summed E-state index contributed by atoms with van der Waals surface area (Å²) in [6.07, 6.45) is 4.69. The topological polar surface area (TPSA) is 92.5 Å². The fraction of sp³-hybridized carbons (Fsp3) is 0.333. The quantitative estimate of drug-likeness (QED) is 0.439. The van der Waals surface area contributed by atoms with Crippen molar-refractivity contribution in [1.82, 2.24) is 9.46 Å². The van der Waals surface area contributed by atoms with Crippen molar-refractivity contribution in [1.29, 1.82) is 0 Å². The van der Waals surface area contributed by atoms with Crippen molar-refractivity contribution in [3.63, 3.8) is 0 Å². The van der Waals surface area contributed by atoms with E-state index in [1.54, 1.807) is 37.3 Å². The normalized spacial score (nSPS) is 17.0. The van der Waals surface area contributed by atoms with Gasteiger partial charge in [0, 0.05) is 23.8 Å². The summed E-state index contributed by atoms with van der Waals surface area (Å²) < 4.78 is 34.2. The second-order valence-electron chi connectivity index (χ2n) is 9.31. The lowest BCUT2D eigenvalue weighted by Crippen LogP contribution is -2.43. The molecule has 1 atom stereocenters. The second kappa shape index (κ2) is 10.6. The van der Waals surface area contributed by atoms with E-state index in [9.17, 15) is 13.2 Å². The van der Waals surface area contributed by atoms with Crippen LogP contribution in [-0.2, 0) is 14.8 Å². The van der Waals surface area contributed by atoms with Crippen LogP contribution in [0.4, 0.5) is 5.69 Å². The number of carbonyl (C=O) groups excluding carboxylic acids is 1. The summed E-state index contributed by atoms with van der Waals surface area (Å²) in [7, 11) is -3.93. The number of sulfonamides is 1. The van der Waals surface area contributed by atoms with Crippen LogP contribution in [0.15, 0.2) is 45.8 Å². The van der Waals surface area contributed by atoms with E-state index in [2.05, 4.69) is 22.6 Å². The number of hydrogen-bond donors (Lipinski definition) is 1. The number of aryl methyl sites for hydroxylation is 4. The predicted octanol–water partition coefficient (Wildman–Crippen LogP) is 5.77. The molecule has 0 radical (unpaired) electrons. The number of rotatable bonds is 6. The Bertz CT molecular complexity index is 1410. The van der Waals surface area contributed by atoms with Crippen LogP contribution in [0.25, 0.3) is 12.2 Å². The number of benzene rings is 2. The van der Waals surface area contributed by atoms with Gasteiger partial charge in [-0.3, -0.25) is 4.79 Å². The fourth-order valence-electron chi connectivity index (χ4n) is 4.73. The average Bonchev–Trinajstić information content (AvgIpc) is 3.19. The van der Waals surface area contributed by atoms with Crippen LogP contribution in [0.3, 0.4) is 0 Å². The van der Waals surface area contributed by atoms with Gasteiger partial charge in [-0.05, 0) is 81.5 Å². The van der Waals surface area contributed by atoms with Gasteiger partial charge < -0.3 is 9.84 Å². The molecule has 190 valence electrons. The van der Waals surface area contributed by atoms with Crippen molar-refractivity contribution in [2.45, 2.75) is 45.4 Å². The Labute approximate surface area is 217 Å². The molecule has 7 nitrogen and oxygen atoms in total. The molecule has 1 fully saturated rings. The largest absolute Gasteiger partial charge is 0.355 e. The Hall–Kier alpha value is -2.94. The van der Waals surface area contributed by atoms with E-state index in [4.69, 9.17) is 16.1 Å². The number of halogens is 1. The Morgan fingerprint density at radius 2 is 1.86 bits per heavy atom. The number of hydrogen-bond acceptors (Lipinski definition) is 5. The molecule has 1 N–H and O–H groups in total. The molecular weight excluding hydrogens is 498 g/mol. The minimum absolute atomic E-state index is 0.0390. The number of nitrogens with zero attached hydrogens (tertiary/aromatic N) is 2. The standard InChI is InChI=1S/C27H30ClN3O4S/c1-17-13-18(2)24(19(3)14-17)10-11-25-26(20(4)30-35-25)36(33,34)31-12-6-7-21(16-31)27(32)29-23-9-5-8-22(28)15-23/h5,8-11,13-15,21H,6-7,12,16H2,1-4H3,(H,29,32)/b11-10+. The van der Waals surface area contributed by atoms with Crippen LogP contribution >= 0.6 is 11.6 Å². The summed E-state index contributed by atoms with van der Waals surface area (Å²) in [5.41, 5.74) is 5.23. The van der Waals surface area contributed by atoms with E-state index in [0.29, 0.717) is 30.1 Å². The molecular formula is C27H30ClN3O4S. The molecule has 1 saturated heterocycles. The Kier molecular flexibility index (Phi) is 7.68. The van der Waals surface area contributed by atoms with E-state index < -0.39 is 15.9 Å². The molecule has 1 amide bonds. The molecule has 36 heavy (non-hydrogen) atoms. The minimum atomic E-state index is -3.93. The zero-order valence-corrected chi connectivity index (χ0v) is 22.4. The number of aromatic nitrogens is 1. The summed E-state index contributed by atoms with van der Waals surface area (Å²) in [5.74, 6) is -0.536. The highest BCUT2D eigenvalue weighted by atomic mass is 35.5. The Balaban J connectivity index is 1.56. The number of amides is 1. The van der Waals surface area contributed by atoms with Gasteiger partial charge in [0.2, 0.25) is 15.9 Å².